The van der Waals surface area contributed by atoms with Crippen LogP contribution in [0.1, 0.15) is 34.7 Å². The van der Waals surface area contributed by atoms with E-state index in [1.54, 1.807) is 36.0 Å². The Morgan fingerprint density at radius 3 is 2.65 bits per heavy atom. The van der Waals surface area contributed by atoms with Crippen LogP contribution in [0.15, 0.2) is 88.2 Å². The van der Waals surface area contributed by atoms with E-state index in [2.05, 4.69) is 18.2 Å². The Balaban J connectivity index is 1.66. The number of hydrogen-bond acceptors (Lipinski definition) is 5. The fraction of sp³-hybridized carbons (Fsp3) is 0.143. The zero-order valence-corrected chi connectivity index (χ0v) is 19.4. The van der Waals surface area contributed by atoms with Crippen LogP contribution in [-0.2, 0) is 6.42 Å². The molecule has 6 heteroatoms. The van der Waals surface area contributed by atoms with Gasteiger partial charge in [-0.2, -0.15) is 0 Å². The number of aromatic hydroxyl groups is 1. The van der Waals surface area contributed by atoms with E-state index in [9.17, 15) is 9.90 Å². The van der Waals surface area contributed by atoms with Crippen molar-refractivity contribution in [2.75, 3.05) is 7.11 Å². The van der Waals surface area contributed by atoms with E-state index in [1.807, 2.05) is 36.4 Å². The molecule has 1 aliphatic carbocycles. The Morgan fingerprint density at radius 2 is 1.79 bits per heavy atom. The number of rotatable bonds is 3. The number of benzene rings is 3. The van der Waals surface area contributed by atoms with E-state index in [-0.39, 0.29) is 17.4 Å². The summed E-state index contributed by atoms with van der Waals surface area (Å²) >= 11 is 1.35. The first-order chi connectivity index (χ1) is 16.7. The van der Waals surface area contributed by atoms with E-state index >= 15 is 0 Å². The number of thiazole rings is 1. The molecule has 0 radical (unpaired) electrons. The molecule has 0 fully saturated rings. The molecule has 1 aromatic heterocycles. The number of methoxy groups -OCH3 is 1. The molecule has 0 spiro atoms. The smallest absolute Gasteiger partial charge is 0.271 e. The second kappa shape index (κ2) is 8.15. The third-order valence-electron chi connectivity index (χ3n) is 6.53. The Hall–Kier alpha value is -3.90. The molecule has 1 aliphatic heterocycles. The molecule has 0 saturated carbocycles. The highest BCUT2D eigenvalue weighted by Gasteiger charge is 2.33. The van der Waals surface area contributed by atoms with Gasteiger partial charge in [0.05, 0.1) is 23.4 Å². The van der Waals surface area contributed by atoms with Gasteiger partial charge in [0.1, 0.15) is 11.5 Å². The lowest BCUT2D eigenvalue weighted by atomic mass is 9.83. The van der Waals surface area contributed by atoms with Gasteiger partial charge in [0.2, 0.25) is 0 Å². The van der Waals surface area contributed by atoms with Gasteiger partial charge in [0, 0.05) is 16.7 Å². The van der Waals surface area contributed by atoms with Crippen LogP contribution in [0.4, 0.5) is 0 Å². The van der Waals surface area contributed by atoms with Crippen LogP contribution in [-0.4, -0.2) is 16.8 Å². The molecule has 0 unspecified atom stereocenters. The number of phenolic OH excluding ortho intramolecular Hbond substituents is 1. The highest BCUT2D eigenvalue weighted by Crippen LogP contribution is 2.43. The quantitative estimate of drug-likeness (QED) is 0.496. The van der Waals surface area contributed by atoms with Crippen molar-refractivity contribution < 1.29 is 9.84 Å². The molecule has 2 aliphatic rings. The second-order valence-corrected chi connectivity index (χ2v) is 9.42. The van der Waals surface area contributed by atoms with E-state index in [0.29, 0.717) is 14.9 Å². The SMILES string of the molecule is COc1ccccc1[C@@H]1C2=C(N=c3sc(=Cc4ccccc4O)c(=O)n31)c1ccccc1CC2. The fourth-order valence-electron chi connectivity index (χ4n) is 4.94. The summed E-state index contributed by atoms with van der Waals surface area (Å²) in [4.78, 5) is 19.4. The maximum atomic E-state index is 13.8. The lowest BCUT2D eigenvalue weighted by molar-refractivity contribution is 0.402. The van der Waals surface area contributed by atoms with Crippen LogP contribution in [0.5, 0.6) is 11.5 Å². The van der Waals surface area contributed by atoms with Gasteiger partial charge in [-0.1, -0.05) is 72.0 Å². The minimum absolute atomic E-state index is 0.117. The summed E-state index contributed by atoms with van der Waals surface area (Å²) < 4.78 is 8.04. The molecule has 1 N–H and O–H groups in total. The largest absolute Gasteiger partial charge is 0.507 e. The van der Waals surface area contributed by atoms with Crippen LogP contribution in [0, 0.1) is 0 Å². The predicted octanol–water partition coefficient (Wildman–Crippen LogP) is 4.03. The number of nitrogens with zero attached hydrogens (tertiary/aromatic N) is 2. The van der Waals surface area contributed by atoms with Gasteiger partial charge in [-0.3, -0.25) is 9.36 Å². The number of hydrogen-bond donors (Lipinski definition) is 1. The highest BCUT2D eigenvalue weighted by atomic mass is 32.1. The normalized spacial score (nSPS) is 17.0. The zero-order valence-electron chi connectivity index (χ0n) is 18.6. The first-order valence-electron chi connectivity index (χ1n) is 11.2. The third-order valence-corrected chi connectivity index (χ3v) is 7.51. The van der Waals surface area contributed by atoms with Crippen LogP contribution >= 0.6 is 11.3 Å². The van der Waals surface area contributed by atoms with Gasteiger partial charge >= 0.3 is 0 Å². The molecule has 0 saturated heterocycles. The Morgan fingerprint density at radius 1 is 1.03 bits per heavy atom. The summed E-state index contributed by atoms with van der Waals surface area (Å²) in [5, 5.41) is 10.3. The van der Waals surface area contributed by atoms with Gasteiger partial charge < -0.3 is 9.84 Å². The van der Waals surface area contributed by atoms with E-state index in [0.717, 1.165) is 41.0 Å². The van der Waals surface area contributed by atoms with Crippen molar-refractivity contribution in [3.8, 4) is 11.5 Å². The topological polar surface area (TPSA) is 63.8 Å². The molecule has 34 heavy (non-hydrogen) atoms. The molecule has 5 nitrogen and oxygen atoms in total. The minimum atomic E-state index is -0.303. The monoisotopic (exact) mass is 466 g/mol. The average Bonchev–Trinajstić information content (AvgIpc) is 3.18. The number of fused-ring (bicyclic) bond motifs is 3. The highest BCUT2D eigenvalue weighted by molar-refractivity contribution is 7.07. The van der Waals surface area contributed by atoms with Crippen LogP contribution < -0.4 is 19.6 Å². The van der Waals surface area contributed by atoms with Gasteiger partial charge in [0.15, 0.2) is 4.80 Å². The van der Waals surface area contributed by atoms with Crippen molar-refractivity contribution in [3.63, 3.8) is 0 Å². The molecule has 4 aromatic rings. The average molecular weight is 467 g/mol. The molecule has 0 bridgehead atoms. The summed E-state index contributed by atoms with van der Waals surface area (Å²) in [7, 11) is 1.66. The number of aryl methyl sites for hydroxylation is 1. The van der Waals surface area contributed by atoms with Crippen molar-refractivity contribution in [2.45, 2.75) is 18.9 Å². The maximum Gasteiger partial charge on any atom is 0.271 e. The van der Waals surface area contributed by atoms with Crippen molar-refractivity contribution in [2.24, 2.45) is 4.99 Å². The fourth-order valence-corrected chi connectivity index (χ4v) is 5.93. The van der Waals surface area contributed by atoms with Crippen molar-refractivity contribution in [1.82, 2.24) is 4.57 Å². The Kier molecular flexibility index (Phi) is 4.96. The molecule has 3 aromatic carbocycles. The lowest BCUT2D eigenvalue weighted by Gasteiger charge is -2.31. The molecule has 0 amide bonds. The first kappa shape index (κ1) is 20.7. The molecular formula is C28H22N2O3S. The van der Waals surface area contributed by atoms with Crippen molar-refractivity contribution in [3.05, 3.63) is 120 Å². The summed E-state index contributed by atoms with van der Waals surface area (Å²) in [5.41, 5.74) is 5.92. The first-order valence-corrected chi connectivity index (χ1v) is 12.0. The number of para-hydroxylation sites is 2. The summed E-state index contributed by atoms with van der Waals surface area (Å²) in [6.07, 6.45) is 3.47. The predicted molar refractivity (Wildman–Crippen MR) is 134 cm³/mol. The van der Waals surface area contributed by atoms with E-state index in [1.165, 1.54) is 16.9 Å². The van der Waals surface area contributed by atoms with Crippen LogP contribution in [0.25, 0.3) is 11.8 Å². The Bertz CT molecular complexity index is 1640. The minimum Gasteiger partial charge on any atom is -0.507 e. The third kappa shape index (κ3) is 3.22. The van der Waals surface area contributed by atoms with Crippen molar-refractivity contribution in [1.29, 1.82) is 0 Å². The van der Waals surface area contributed by atoms with Crippen molar-refractivity contribution >= 4 is 23.1 Å². The van der Waals surface area contributed by atoms with Gasteiger partial charge in [-0.05, 0) is 42.2 Å². The number of phenols is 1. The number of allylic oxidation sites excluding steroid dienone is 1. The number of ether oxygens (including phenoxy) is 1. The van der Waals surface area contributed by atoms with E-state index in [4.69, 9.17) is 9.73 Å². The van der Waals surface area contributed by atoms with Crippen LogP contribution in [0.3, 0.4) is 0 Å². The summed E-state index contributed by atoms with van der Waals surface area (Å²) in [6, 6.07) is 23.0. The van der Waals surface area contributed by atoms with Gasteiger partial charge in [-0.25, -0.2) is 4.99 Å². The molecule has 6 rings (SSSR count). The van der Waals surface area contributed by atoms with Gasteiger partial charge in [-0.15, -0.1) is 0 Å². The maximum absolute atomic E-state index is 13.8. The standard InChI is InChI=1S/C28H22N2O3S/c1-33-23-13-7-5-11-20(23)26-21-15-14-17-8-2-4-10-19(17)25(21)29-28-30(26)27(32)24(34-28)16-18-9-3-6-12-22(18)31/h2-13,16,26,31H,14-15H2,1H3/t26-/m1/s1. The van der Waals surface area contributed by atoms with E-state index < -0.39 is 0 Å². The molecule has 168 valence electrons. The number of aromatic nitrogens is 1. The molecular weight excluding hydrogens is 444 g/mol. The zero-order chi connectivity index (χ0) is 23.2. The van der Waals surface area contributed by atoms with Crippen LogP contribution in [0.2, 0.25) is 0 Å². The second-order valence-electron chi connectivity index (χ2n) is 8.41. The Labute approximate surface area is 200 Å². The molecule has 1 atom stereocenters. The summed E-state index contributed by atoms with van der Waals surface area (Å²) in [6.45, 7) is 0. The summed E-state index contributed by atoms with van der Waals surface area (Å²) in [5.74, 6) is 0.887. The molecule has 2 heterocycles. The lowest BCUT2D eigenvalue weighted by Crippen LogP contribution is -2.39. The van der Waals surface area contributed by atoms with Gasteiger partial charge in [0.25, 0.3) is 5.56 Å².